The van der Waals surface area contributed by atoms with E-state index in [1.165, 1.54) is 0 Å². The first-order chi connectivity index (χ1) is 4.31. The Morgan fingerprint density at radius 2 is 1.70 bits per heavy atom. The molecule has 1 aliphatic heterocycles. The van der Waals surface area contributed by atoms with Crippen LogP contribution in [0.5, 0.6) is 0 Å². The lowest BCUT2D eigenvalue weighted by Gasteiger charge is -2.21. The zero-order valence-electron chi connectivity index (χ0n) is 4.42. The average molecular weight is 189 g/mol. The normalized spacial score (nSPS) is 25.7. The summed E-state index contributed by atoms with van der Waals surface area (Å²) in [4.78, 5) is 0. The summed E-state index contributed by atoms with van der Waals surface area (Å²) in [5, 5.41) is 4.42. The van der Waals surface area contributed by atoms with Crippen molar-refractivity contribution in [3.63, 3.8) is 0 Å². The van der Waals surface area contributed by atoms with Gasteiger partial charge < -0.3 is 0 Å². The fraction of sp³-hybridized carbons (Fsp3) is 1.00. The van der Waals surface area contributed by atoms with Crippen LogP contribution in [0.3, 0.4) is 0 Å². The molecule has 10 heavy (non-hydrogen) atoms. The third-order valence-corrected chi connectivity index (χ3v) is 2.45. The van der Waals surface area contributed by atoms with Crippen LogP contribution >= 0.6 is 0 Å². The van der Waals surface area contributed by atoms with Crippen LogP contribution in [0.25, 0.3) is 0 Å². The second-order valence-corrected chi connectivity index (χ2v) is 4.24. The zero-order chi connectivity index (χ0) is 7.99. The van der Waals surface area contributed by atoms with Gasteiger partial charge in [0.25, 0.3) is 10.0 Å². The molecular weight excluding hydrogens is 186 g/mol. The molecule has 2 N–H and O–H groups in total. The molecule has 0 atom stereocenters. The lowest BCUT2D eigenvalue weighted by Crippen LogP contribution is -2.45. The smallest absolute Gasteiger partial charge is 0.224 e. The van der Waals surface area contributed by atoms with Gasteiger partial charge in [-0.2, -0.15) is 16.8 Å². The van der Waals surface area contributed by atoms with Gasteiger partial charge in [-0.3, -0.25) is 0 Å². The van der Waals surface area contributed by atoms with E-state index in [1.807, 2.05) is 0 Å². The summed E-state index contributed by atoms with van der Waals surface area (Å²) in [6.45, 7) is 0. The summed E-state index contributed by atoms with van der Waals surface area (Å²) >= 11 is 0. The molecule has 0 saturated carbocycles. The van der Waals surface area contributed by atoms with Crippen molar-refractivity contribution in [2.75, 3.05) is 0 Å². The van der Waals surface area contributed by atoms with E-state index >= 15 is 0 Å². The first-order valence-corrected chi connectivity index (χ1v) is 4.89. The predicted molar refractivity (Wildman–Crippen MR) is 28.0 cm³/mol. The molecule has 0 unspecified atom stereocenters. The van der Waals surface area contributed by atoms with Crippen molar-refractivity contribution in [2.45, 2.75) is 5.62 Å². The van der Waals surface area contributed by atoms with Crippen molar-refractivity contribution in [2.24, 2.45) is 5.14 Å². The van der Waals surface area contributed by atoms with E-state index in [2.05, 4.69) is 13.5 Å². The number of sulfonamides is 1. The summed E-state index contributed by atoms with van der Waals surface area (Å²) < 4.78 is 47.7. The van der Waals surface area contributed by atoms with E-state index in [9.17, 15) is 16.8 Å². The third-order valence-electron chi connectivity index (χ3n) is 0.661. The van der Waals surface area contributed by atoms with Crippen LogP contribution in [0.1, 0.15) is 0 Å². The van der Waals surface area contributed by atoms with Crippen molar-refractivity contribution in [3.05, 3.63) is 0 Å². The van der Waals surface area contributed by atoms with Crippen molar-refractivity contribution in [1.29, 1.82) is 0 Å². The van der Waals surface area contributed by atoms with Gasteiger partial charge in [0.1, 0.15) is 0 Å². The SMILES string of the molecule is NS(=O)(=O)C1OS(=O)(=O)O1. The molecule has 0 radical (unpaired) electrons. The fourth-order valence-electron chi connectivity index (χ4n) is 0.309. The molecule has 0 aliphatic carbocycles. The summed E-state index contributed by atoms with van der Waals surface area (Å²) in [7, 11) is -8.13. The van der Waals surface area contributed by atoms with Gasteiger partial charge in [0.05, 0.1) is 0 Å². The van der Waals surface area contributed by atoms with Crippen LogP contribution in [-0.2, 0) is 28.8 Å². The molecule has 9 heteroatoms. The highest BCUT2D eigenvalue weighted by Gasteiger charge is 2.44. The largest absolute Gasteiger partial charge is 0.406 e. The number of hydrogen-bond acceptors (Lipinski definition) is 6. The van der Waals surface area contributed by atoms with Crippen molar-refractivity contribution >= 4 is 20.4 Å². The van der Waals surface area contributed by atoms with E-state index in [4.69, 9.17) is 0 Å². The molecule has 0 amide bonds. The molecule has 0 aromatic rings. The van der Waals surface area contributed by atoms with Gasteiger partial charge in [-0.1, -0.05) is 0 Å². The van der Waals surface area contributed by atoms with Crippen LogP contribution in [0, 0.1) is 0 Å². The Kier molecular flexibility index (Phi) is 1.49. The van der Waals surface area contributed by atoms with Gasteiger partial charge in [0, 0.05) is 0 Å². The molecule has 0 bridgehead atoms. The van der Waals surface area contributed by atoms with Gasteiger partial charge >= 0.3 is 16.0 Å². The highest BCUT2D eigenvalue weighted by molar-refractivity contribution is 7.92. The second-order valence-electron chi connectivity index (χ2n) is 1.48. The van der Waals surface area contributed by atoms with Crippen molar-refractivity contribution in [1.82, 2.24) is 0 Å². The minimum atomic E-state index is -4.07. The molecule has 1 fully saturated rings. The monoisotopic (exact) mass is 189 g/mol. The lowest BCUT2D eigenvalue weighted by molar-refractivity contribution is -0.0172. The Labute approximate surface area is 57.1 Å². The minimum absolute atomic E-state index is 1.86. The van der Waals surface area contributed by atoms with Crippen LogP contribution in [0.2, 0.25) is 0 Å². The summed E-state index contributed by atoms with van der Waals surface area (Å²) in [6, 6.07) is 0. The predicted octanol–water partition coefficient (Wildman–Crippen LogP) is -2.15. The quantitative estimate of drug-likeness (QED) is 0.503. The Bertz CT molecular complexity index is 311. The maximum atomic E-state index is 10.2. The van der Waals surface area contributed by atoms with Crippen molar-refractivity contribution in [3.8, 4) is 0 Å². The highest BCUT2D eigenvalue weighted by atomic mass is 32.3. The molecule has 0 spiro atoms. The van der Waals surface area contributed by atoms with E-state index in [-0.39, 0.29) is 0 Å². The number of rotatable bonds is 1. The number of hydrogen-bond donors (Lipinski definition) is 1. The van der Waals surface area contributed by atoms with Gasteiger partial charge in [-0.05, 0) is 0 Å². The summed E-state index contributed by atoms with van der Waals surface area (Å²) in [6.07, 6.45) is 0. The van der Waals surface area contributed by atoms with Gasteiger partial charge in [0.2, 0.25) is 0 Å². The standard InChI is InChI=1S/CH3NO6S2/c2-9(3,4)1-7-10(5,6)8-1/h1H,(H2,2,3,4). The number of primary sulfonamides is 1. The third kappa shape index (κ3) is 1.44. The first kappa shape index (κ1) is 7.88. The Morgan fingerprint density at radius 1 is 1.30 bits per heavy atom. The molecule has 1 rings (SSSR count). The van der Waals surface area contributed by atoms with Crippen molar-refractivity contribution < 1.29 is 25.2 Å². The maximum absolute atomic E-state index is 10.2. The molecule has 7 nitrogen and oxygen atoms in total. The van der Waals surface area contributed by atoms with E-state index in [1.54, 1.807) is 0 Å². The van der Waals surface area contributed by atoms with E-state index < -0.39 is 26.0 Å². The van der Waals surface area contributed by atoms with Crippen LogP contribution in [0.15, 0.2) is 0 Å². The Morgan fingerprint density at radius 3 is 1.80 bits per heavy atom. The van der Waals surface area contributed by atoms with E-state index in [0.29, 0.717) is 0 Å². The Hall–Kier alpha value is -0.220. The van der Waals surface area contributed by atoms with Gasteiger partial charge in [-0.15, -0.1) is 0 Å². The fourth-order valence-corrected chi connectivity index (χ4v) is 2.16. The zero-order valence-corrected chi connectivity index (χ0v) is 6.05. The van der Waals surface area contributed by atoms with Crippen LogP contribution < -0.4 is 5.14 Å². The maximum Gasteiger partial charge on any atom is 0.406 e. The number of nitrogens with two attached hydrogens (primary N) is 1. The first-order valence-electron chi connectivity index (χ1n) is 1.94. The van der Waals surface area contributed by atoms with Gasteiger partial charge in [0.15, 0.2) is 0 Å². The highest BCUT2D eigenvalue weighted by Crippen LogP contribution is 2.20. The molecule has 60 valence electrons. The summed E-state index contributed by atoms with van der Waals surface area (Å²) in [5.41, 5.74) is -1.86. The second kappa shape index (κ2) is 1.89. The minimum Gasteiger partial charge on any atom is -0.224 e. The lowest BCUT2D eigenvalue weighted by atomic mass is 11.5. The van der Waals surface area contributed by atoms with E-state index in [0.717, 1.165) is 0 Å². The average Bonchev–Trinajstić information content (AvgIpc) is 1.56. The van der Waals surface area contributed by atoms with Crippen LogP contribution in [-0.4, -0.2) is 22.5 Å². The van der Waals surface area contributed by atoms with Gasteiger partial charge in [-0.25, -0.2) is 13.6 Å². The Balaban J connectivity index is 2.75. The molecule has 0 aromatic carbocycles. The van der Waals surface area contributed by atoms with Crippen LogP contribution in [0.4, 0.5) is 0 Å². The molecule has 1 saturated heterocycles. The molecular formula is CH3NO6S2. The summed E-state index contributed by atoms with van der Waals surface area (Å²) in [5.74, 6) is 0. The molecule has 1 aliphatic rings. The topological polar surface area (TPSA) is 113 Å². The molecule has 1 heterocycles. The molecule has 0 aromatic heterocycles.